The van der Waals surface area contributed by atoms with Crippen molar-refractivity contribution in [2.45, 2.75) is 52.7 Å². The first-order valence-electron chi connectivity index (χ1n) is 9.51. The Morgan fingerprint density at radius 2 is 1.65 bits per heavy atom. The van der Waals surface area contributed by atoms with Crippen LogP contribution in [0.3, 0.4) is 0 Å². The lowest BCUT2D eigenvalue weighted by Crippen LogP contribution is -2.31. The number of hydrogen-bond donors (Lipinski definition) is 0. The summed E-state index contributed by atoms with van der Waals surface area (Å²) in [6.45, 7) is 9.79. The van der Waals surface area contributed by atoms with E-state index in [0.29, 0.717) is 12.1 Å². The number of anilines is 1. The number of para-hydroxylation sites is 1. The van der Waals surface area contributed by atoms with Crippen LogP contribution < -0.4 is 4.90 Å². The van der Waals surface area contributed by atoms with Gasteiger partial charge in [-0.15, -0.1) is 5.10 Å². The van der Waals surface area contributed by atoms with E-state index in [0.717, 1.165) is 24.4 Å². The van der Waals surface area contributed by atoms with Crippen LogP contribution >= 0.6 is 0 Å². The van der Waals surface area contributed by atoms with E-state index < -0.39 is 0 Å². The Balaban J connectivity index is 2.06. The normalized spacial score (nSPS) is 14.3. The standard InChI is InChI=1S/C22H26N4/c1-5-16(4)26-22-18-11-7-6-10-17(18)14-25(15(2)3)20-13-9-8-12-19(20)21(22)23-24-26/h6-13,15-16H,5,14H2,1-4H3. The van der Waals surface area contributed by atoms with E-state index in [4.69, 9.17) is 0 Å². The minimum atomic E-state index is 0.312. The van der Waals surface area contributed by atoms with Gasteiger partial charge in [0.1, 0.15) is 5.69 Å². The van der Waals surface area contributed by atoms with Crippen LogP contribution in [0.5, 0.6) is 0 Å². The van der Waals surface area contributed by atoms with Gasteiger partial charge in [-0.25, -0.2) is 4.68 Å². The van der Waals surface area contributed by atoms with Crippen molar-refractivity contribution in [1.82, 2.24) is 15.0 Å². The van der Waals surface area contributed by atoms with Crippen molar-refractivity contribution < 1.29 is 0 Å². The predicted octanol–water partition coefficient (Wildman–Crippen LogP) is 5.31. The average Bonchev–Trinajstić information content (AvgIpc) is 3.08. The number of nitrogens with zero attached hydrogens (tertiary/aromatic N) is 4. The lowest BCUT2D eigenvalue weighted by Gasteiger charge is -2.33. The van der Waals surface area contributed by atoms with E-state index in [-0.39, 0.29) is 0 Å². The molecule has 0 spiro atoms. The van der Waals surface area contributed by atoms with Crippen LogP contribution in [0.2, 0.25) is 0 Å². The van der Waals surface area contributed by atoms with Gasteiger partial charge in [0, 0.05) is 29.4 Å². The fourth-order valence-electron chi connectivity index (χ4n) is 3.75. The molecule has 1 atom stereocenters. The summed E-state index contributed by atoms with van der Waals surface area (Å²) in [6.07, 6.45) is 1.03. The average molecular weight is 346 g/mol. The zero-order chi connectivity index (χ0) is 18.3. The Hall–Kier alpha value is -2.62. The molecule has 0 radical (unpaired) electrons. The van der Waals surface area contributed by atoms with Crippen molar-refractivity contribution in [1.29, 1.82) is 0 Å². The Morgan fingerprint density at radius 3 is 2.38 bits per heavy atom. The maximum Gasteiger partial charge on any atom is 0.123 e. The molecule has 0 bridgehead atoms. The largest absolute Gasteiger partial charge is 0.364 e. The highest BCUT2D eigenvalue weighted by Gasteiger charge is 2.28. The summed E-state index contributed by atoms with van der Waals surface area (Å²) in [5.41, 5.74) is 7.09. The van der Waals surface area contributed by atoms with Crippen molar-refractivity contribution in [2.24, 2.45) is 0 Å². The molecule has 0 amide bonds. The summed E-state index contributed by atoms with van der Waals surface area (Å²) in [5, 5.41) is 9.22. The van der Waals surface area contributed by atoms with Gasteiger partial charge in [-0.05, 0) is 38.8 Å². The van der Waals surface area contributed by atoms with Gasteiger partial charge in [0.2, 0.25) is 0 Å². The first-order chi connectivity index (χ1) is 12.6. The molecular weight excluding hydrogens is 320 g/mol. The number of rotatable bonds is 3. The molecule has 4 nitrogen and oxygen atoms in total. The number of hydrogen-bond acceptors (Lipinski definition) is 3. The van der Waals surface area contributed by atoms with E-state index in [1.54, 1.807) is 0 Å². The van der Waals surface area contributed by atoms with Crippen molar-refractivity contribution in [2.75, 3.05) is 4.90 Å². The second-order valence-electron chi connectivity index (χ2n) is 7.38. The van der Waals surface area contributed by atoms with E-state index in [1.807, 2.05) is 0 Å². The predicted molar refractivity (Wildman–Crippen MR) is 107 cm³/mol. The SMILES string of the molecule is CCC(C)n1nnc2c1-c1ccccc1CN(C(C)C)c1ccccc1-2. The van der Waals surface area contributed by atoms with Crippen LogP contribution in [0.15, 0.2) is 48.5 Å². The summed E-state index contributed by atoms with van der Waals surface area (Å²) in [4.78, 5) is 2.46. The highest BCUT2D eigenvalue weighted by atomic mass is 15.4. The second-order valence-corrected chi connectivity index (χ2v) is 7.38. The highest BCUT2D eigenvalue weighted by molar-refractivity contribution is 5.88. The summed E-state index contributed by atoms with van der Waals surface area (Å²) in [5.74, 6) is 0. The van der Waals surface area contributed by atoms with E-state index >= 15 is 0 Å². The molecule has 1 aliphatic rings. The summed E-state index contributed by atoms with van der Waals surface area (Å²) < 4.78 is 2.11. The molecule has 0 saturated carbocycles. The number of fused-ring (bicyclic) bond motifs is 5. The highest BCUT2D eigenvalue weighted by Crippen LogP contribution is 2.42. The van der Waals surface area contributed by atoms with Gasteiger partial charge in [-0.1, -0.05) is 54.6 Å². The third-order valence-electron chi connectivity index (χ3n) is 5.41. The molecule has 134 valence electrons. The first kappa shape index (κ1) is 16.8. The van der Waals surface area contributed by atoms with Crippen molar-refractivity contribution in [3.8, 4) is 22.5 Å². The van der Waals surface area contributed by atoms with Gasteiger partial charge in [0.25, 0.3) is 0 Å². The molecular formula is C22H26N4. The first-order valence-corrected chi connectivity index (χ1v) is 9.51. The van der Waals surface area contributed by atoms with Crippen molar-refractivity contribution in [3.63, 3.8) is 0 Å². The van der Waals surface area contributed by atoms with E-state index in [9.17, 15) is 0 Å². The van der Waals surface area contributed by atoms with Crippen LogP contribution in [0.25, 0.3) is 22.5 Å². The molecule has 1 aromatic heterocycles. The molecule has 1 aliphatic heterocycles. The van der Waals surface area contributed by atoms with E-state index in [2.05, 4.69) is 96.1 Å². The molecule has 4 rings (SSSR count). The number of aromatic nitrogens is 3. The van der Waals surface area contributed by atoms with Gasteiger partial charge in [0.05, 0.1) is 11.7 Å². The minimum Gasteiger partial charge on any atom is -0.364 e. The van der Waals surface area contributed by atoms with Gasteiger partial charge < -0.3 is 4.90 Å². The Labute approximate surface area is 155 Å². The van der Waals surface area contributed by atoms with Crippen LogP contribution in [-0.4, -0.2) is 21.0 Å². The molecule has 0 saturated heterocycles. The van der Waals surface area contributed by atoms with Crippen LogP contribution in [-0.2, 0) is 6.54 Å². The van der Waals surface area contributed by atoms with Gasteiger partial charge in [-0.3, -0.25) is 0 Å². The molecule has 1 unspecified atom stereocenters. The third kappa shape index (κ3) is 2.61. The quantitative estimate of drug-likeness (QED) is 0.644. The molecule has 0 N–H and O–H groups in total. The minimum absolute atomic E-state index is 0.312. The summed E-state index contributed by atoms with van der Waals surface area (Å²) in [7, 11) is 0. The van der Waals surface area contributed by atoms with Crippen LogP contribution in [0.4, 0.5) is 5.69 Å². The van der Waals surface area contributed by atoms with Gasteiger partial charge >= 0.3 is 0 Å². The van der Waals surface area contributed by atoms with Gasteiger partial charge in [0.15, 0.2) is 0 Å². The maximum atomic E-state index is 4.65. The number of benzene rings is 2. The molecule has 26 heavy (non-hydrogen) atoms. The lowest BCUT2D eigenvalue weighted by molar-refractivity contribution is 0.468. The van der Waals surface area contributed by atoms with Crippen molar-refractivity contribution in [3.05, 3.63) is 54.1 Å². The zero-order valence-corrected chi connectivity index (χ0v) is 16.0. The zero-order valence-electron chi connectivity index (χ0n) is 16.0. The smallest absolute Gasteiger partial charge is 0.123 e. The Kier molecular flexibility index (Phi) is 4.27. The van der Waals surface area contributed by atoms with Crippen LogP contribution in [0.1, 0.15) is 45.7 Å². The molecule has 2 aromatic carbocycles. The monoisotopic (exact) mass is 346 g/mol. The fraction of sp³-hybridized carbons (Fsp3) is 0.364. The molecule has 2 heterocycles. The second kappa shape index (κ2) is 6.60. The Bertz CT molecular complexity index is 925. The van der Waals surface area contributed by atoms with E-state index in [1.165, 1.54) is 22.4 Å². The fourth-order valence-corrected chi connectivity index (χ4v) is 3.75. The van der Waals surface area contributed by atoms with Crippen LogP contribution in [0, 0.1) is 0 Å². The molecule has 4 heteroatoms. The summed E-state index contributed by atoms with van der Waals surface area (Å²) in [6, 6.07) is 18.0. The van der Waals surface area contributed by atoms with Crippen molar-refractivity contribution >= 4 is 5.69 Å². The maximum absolute atomic E-state index is 4.65. The topological polar surface area (TPSA) is 34.0 Å². The molecule has 0 aliphatic carbocycles. The van der Waals surface area contributed by atoms with Gasteiger partial charge in [-0.2, -0.15) is 0 Å². The molecule has 3 aromatic rings. The summed E-state index contributed by atoms with van der Waals surface area (Å²) >= 11 is 0. The molecule has 0 fully saturated rings. The third-order valence-corrected chi connectivity index (χ3v) is 5.41. The Morgan fingerprint density at radius 1 is 0.962 bits per heavy atom. The lowest BCUT2D eigenvalue weighted by atomic mass is 9.94.